The Hall–Kier alpha value is -0.700. The van der Waals surface area contributed by atoms with Crippen LogP contribution in [0, 0.1) is 6.92 Å². The van der Waals surface area contributed by atoms with Crippen molar-refractivity contribution in [2.24, 2.45) is 0 Å². The topological polar surface area (TPSA) is 9.23 Å². The quantitative estimate of drug-likeness (QED) is 0.683. The highest BCUT2D eigenvalue weighted by Crippen LogP contribution is 2.38. The van der Waals surface area contributed by atoms with Gasteiger partial charge in [0.25, 0.3) is 0 Å². The molecule has 0 aliphatic heterocycles. The molecule has 2 aromatic rings. The molecule has 2 rings (SSSR count). The zero-order chi connectivity index (χ0) is 13.1. The summed E-state index contributed by atoms with van der Waals surface area (Å²) in [7, 11) is 0. The molecule has 1 aromatic heterocycles. The molecule has 1 heterocycles. The number of ether oxygens (including phenoxy) is 1. The summed E-state index contributed by atoms with van der Waals surface area (Å²) in [6, 6.07) is 9.91. The highest BCUT2D eigenvalue weighted by atomic mass is 35.5. The second-order valence-corrected chi connectivity index (χ2v) is 6.09. The van der Waals surface area contributed by atoms with Crippen LogP contribution in [0.4, 0.5) is 0 Å². The van der Waals surface area contributed by atoms with Crippen LogP contribution in [0.15, 0.2) is 30.3 Å². The smallest absolute Gasteiger partial charge is 0.119 e. The average molecular weight is 301 g/mol. The maximum atomic E-state index is 6.46. The average Bonchev–Trinajstić information content (AvgIpc) is 2.70. The molecule has 1 unspecified atom stereocenters. The van der Waals surface area contributed by atoms with E-state index in [1.807, 2.05) is 44.2 Å². The predicted octanol–water partition coefficient (Wildman–Crippen LogP) is 5.44. The van der Waals surface area contributed by atoms with Crippen molar-refractivity contribution < 1.29 is 4.74 Å². The SMILES string of the molecule is CCOc1ccc(C(Cl)c2cc(C)c(Cl)s2)cc1. The monoisotopic (exact) mass is 300 g/mol. The Balaban J connectivity index is 2.20. The molecule has 4 heteroatoms. The Kier molecular flexibility index (Phi) is 4.55. The van der Waals surface area contributed by atoms with Gasteiger partial charge in [0.1, 0.15) is 5.75 Å². The molecule has 1 aromatic carbocycles. The minimum absolute atomic E-state index is 0.156. The van der Waals surface area contributed by atoms with Crippen LogP contribution >= 0.6 is 34.5 Å². The minimum atomic E-state index is -0.156. The number of hydrogen-bond acceptors (Lipinski definition) is 2. The lowest BCUT2D eigenvalue weighted by Crippen LogP contribution is -1.93. The van der Waals surface area contributed by atoms with Crippen LogP contribution in [0.5, 0.6) is 5.75 Å². The summed E-state index contributed by atoms with van der Waals surface area (Å²) in [5.41, 5.74) is 2.13. The van der Waals surface area contributed by atoms with Crippen LogP contribution in [0.1, 0.15) is 28.3 Å². The van der Waals surface area contributed by atoms with Crippen LogP contribution in [-0.4, -0.2) is 6.61 Å². The van der Waals surface area contributed by atoms with E-state index in [0.29, 0.717) is 6.61 Å². The van der Waals surface area contributed by atoms with Crippen molar-refractivity contribution in [3.8, 4) is 5.75 Å². The first kappa shape index (κ1) is 13.7. The summed E-state index contributed by atoms with van der Waals surface area (Å²) in [4.78, 5) is 1.07. The number of hydrogen-bond donors (Lipinski definition) is 0. The first-order valence-corrected chi connectivity index (χ1v) is 7.37. The fraction of sp³-hybridized carbons (Fsp3) is 0.286. The number of thiophene rings is 1. The second kappa shape index (κ2) is 5.96. The highest BCUT2D eigenvalue weighted by Gasteiger charge is 2.14. The maximum Gasteiger partial charge on any atom is 0.119 e. The lowest BCUT2D eigenvalue weighted by atomic mass is 10.1. The first-order valence-electron chi connectivity index (χ1n) is 5.74. The molecule has 0 spiro atoms. The third-order valence-corrected chi connectivity index (χ3v) is 4.85. The standard InChI is InChI=1S/C14H14Cl2OS/c1-3-17-11-6-4-10(5-7-11)13(15)12-8-9(2)14(16)18-12/h4-8,13H,3H2,1-2H3. The lowest BCUT2D eigenvalue weighted by Gasteiger charge is -2.09. The molecular weight excluding hydrogens is 287 g/mol. The van der Waals surface area contributed by atoms with E-state index in [0.717, 1.165) is 26.1 Å². The molecule has 0 radical (unpaired) electrons. The number of benzene rings is 1. The molecule has 0 aliphatic rings. The summed E-state index contributed by atoms with van der Waals surface area (Å²) >= 11 is 14.1. The maximum absolute atomic E-state index is 6.46. The summed E-state index contributed by atoms with van der Waals surface area (Å²) in [5, 5.41) is -0.156. The fourth-order valence-corrected chi connectivity index (χ4v) is 3.24. The molecule has 0 aliphatic carbocycles. The van der Waals surface area contributed by atoms with E-state index in [2.05, 4.69) is 0 Å². The van der Waals surface area contributed by atoms with Crippen LogP contribution in [0.25, 0.3) is 0 Å². The van der Waals surface area contributed by atoms with Gasteiger partial charge in [0.05, 0.1) is 16.3 Å². The van der Waals surface area contributed by atoms with Gasteiger partial charge in [-0.15, -0.1) is 22.9 Å². The summed E-state index contributed by atoms with van der Waals surface area (Å²) < 4.78 is 6.21. The summed E-state index contributed by atoms with van der Waals surface area (Å²) in [6.45, 7) is 4.63. The van der Waals surface area contributed by atoms with Gasteiger partial charge in [-0.2, -0.15) is 0 Å². The van der Waals surface area contributed by atoms with E-state index in [9.17, 15) is 0 Å². The van der Waals surface area contributed by atoms with Crippen molar-refractivity contribution in [2.75, 3.05) is 6.61 Å². The van der Waals surface area contributed by atoms with E-state index in [1.54, 1.807) is 0 Å². The van der Waals surface area contributed by atoms with E-state index < -0.39 is 0 Å². The van der Waals surface area contributed by atoms with Crippen LogP contribution in [0.2, 0.25) is 4.34 Å². The Morgan fingerprint density at radius 1 is 1.28 bits per heavy atom. The molecule has 1 nitrogen and oxygen atoms in total. The molecule has 0 saturated heterocycles. The Bertz CT molecular complexity index is 500. The molecule has 0 bridgehead atoms. The van der Waals surface area contributed by atoms with Crippen LogP contribution in [-0.2, 0) is 0 Å². The van der Waals surface area contributed by atoms with Gasteiger partial charge in [0, 0.05) is 4.88 Å². The largest absolute Gasteiger partial charge is 0.494 e. The molecular formula is C14H14Cl2OS. The lowest BCUT2D eigenvalue weighted by molar-refractivity contribution is 0.340. The van der Waals surface area contributed by atoms with Gasteiger partial charge >= 0.3 is 0 Å². The normalized spacial score (nSPS) is 12.4. The van der Waals surface area contributed by atoms with Gasteiger partial charge in [0.15, 0.2) is 0 Å². The van der Waals surface area contributed by atoms with Crippen molar-refractivity contribution in [1.82, 2.24) is 0 Å². The minimum Gasteiger partial charge on any atom is -0.494 e. The number of aryl methyl sites for hydroxylation is 1. The first-order chi connectivity index (χ1) is 8.61. The molecule has 1 atom stereocenters. The third-order valence-electron chi connectivity index (χ3n) is 2.61. The zero-order valence-corrected chi connectivity index (χ0v) is 12.6. The third kappa shape index (κ3) is 3.00. The fourth-order valence-electron chi connectivity index (χ4n) is 1.67. The Morgan fingerprint density at radius 3 is 2.44 bits per heavy atom. The van der Waals surface area contributed by atoms with Crippen molar-refractivity contribution in [3.05, 3.63) is 50.7 Å². The summed E-state index contributed by atoms with van der Waals surface area (Å²) in [6.07, 6.45) is 0. The predicted molar refractivity (Wildman–Crippen MR) is 79.4 cm³/mol. The van der Waals surface area contributed by atoms with Gasteiger partial charge in [0.2, 0.25) is 0 Å². The van der Waals surface area contributed by atoms with E-state index in [4.69, 9.17) is 27.9 Å². The van der Waals surface area contributed by atoms with Crippen molar-refractivity contribution in [1.29, 1.82) is 0 Å². The van der Waals surface area contributed by atoms with Gasteiger partial charge in [-0.3, -0.25) is 0 Å². The zero-order valence-electron chi connectivity index (χ0n) is 10.2. The van der Waals surface area contributed by atoms with Crippen LogP contribution in [0.3, 0.4) is 0 Å². The number of rotatable bonds is 4. The second-order valence-electron chi connectivity index (χ2n) is 3.97. The number of alkyl halides is 1. The van der Waals surface area contributed by atoms with E-state index in [1.165, 1.54) is 11.3 Å². The molecule has 0 saturated carbocycles. The van der Waals surface area contributed by atoms with Gasteiger partial charge in [-0.25, -0.2) is 0 Å². The van der Waals surface area contributed by atoms with Crippen molar-refractivity contribution in [3.63, 3.8) is 0 Å². The van der Waals surface area contributed by atoms with Crippen molar-refractivity contribution in [2.45, 2.75) is 19.2 Å². The molecule has 96 valence electrons. The molecule has 0 amide bonds. The highest BCUT2D eigenvalue weighted by molar-refractivity contribution is 7.16. The Labute approximate surface area is 121 Å². The molecule has 0 N–H and O–H groups in total. The van der Waals surface area contributed by atoms with Gasteiger partial charge in [-0.05, 0) is 43.2 Å². The van der Waals surface area contributed by atoms with E-state index in [-0.39, 0.29) is 5.38 Å². The van der Waals surface area contributed by atoms with E-state index >= 15 is 0 Å². The molecule has 0 fully saturated rings. The van der Waals surface area contributed by atoms with Gasteiger partial charge in [-0.1, -0.05) is 23.7 Å². The van der Waals surface area contributed by atoms with Crippen LogP contribution < -0.4 is 4.74 Å². The Morgan fingerprint density at radius 2 is 1.94 bits per heavy atom. The number of halogens is 2. The van der Waals surface area contributed by atoms with Crippen molar-refractivity contribution >= 4 is 34.5 Å². The summed E-state index contributed by atoms with van der Waals surface area (Å²) in [5.74, 6) is 0.866. The molecule has 18 heavy (non-hydrogen) atoms. The van der Waals surface area contributed by atoms with Gasteiger partial charge < -0.3 is 4.74 Å².